The average molecular weight is 586 g/mol. The number of fused-ring (bicyclic) bond motifs is 4. The van der Waals surface area contributed by atoms with Crippen LogP contribution in [0, 0.1) is 17.0 Å². The van der Waals surface area contributed by atoms with E-state index in [1.54, 1.807) is 26.4 Å². The number of aliphatic imine (C=N–C) groups is 2. The Morgan fingerprint density at radius 1 is 0.886 bits per heavy atom. The maximum Gasteiger partial charge on any atom is 0.269 e. The number of methoxy groups -OCH3 is 2. The summed E-state index contributed by atoms with van der Waals surface area (Å²) in [5, 5.41) is 20.3. The van der Waals surface area contributed by atoms with Gasteiger partial charge in [-0.25, -0.2) is 14.7 Å². The van der Waals surface area contributed by atoms with Crippen LogP contribution in [0.15, 0.2) is 107 Å². The SMILES string of the molecule is COc1ccc(OC)c(NC2=Nc3ccccc3N3C2=Nc2c(c(C)nn2-c2ccccc2)C3c2cccc([N+](=O)[O-])c2)c1. The number of nitrogens with one attached hydrogen (secondary N) is 1. The van der Waals surface area contributed by atoms with E-state index in [1.807, 2.05) is 90.5 Å². The van der Waals surface area contributed by atoms with Crippen molar-refractivity contribution in [2.75, 3.05) is 24.4 Å². The Morgan fingerprint density at radius 2 is 1.68 bits per heavy atom. The molecule has 218 valence electrons. The molecule has 5 aromatic rings. The Hall–Kier alpha value is -5.97. The number of hydrogen-bond acceptors (Lipinski definition) is 9. The number of amidine groups is 2. The van der Waals surface area contributed by atoms with Gasteiger partial charge >= 0.3 is 0 Å². The van der Waals surface area contributed by atoms with Crippen LogP contribution in [-0.2, 0) is 0 Å². The van der Waals surface area contributed by atoms with Crippen molar-refractivity contribution in [3.8, 4) is 17.2 Å². The first-order chi connectivity index (χ1) is 21.5. The molecule has 0 aliphatic carbocycles. The van der Waals surface area contributed by atoms with E-state index >= 15 is 0 Å². The Bertz CT molecular complexity index is 1980. The molecule has 2 aliphatic rings. The van der Waals surface area contributed by atoms with Crippen LogP contribution in [0.3, 0.4) is 0 Å². The van der Waals surface area contributed by atoms with Crippen LogP contribution < -0.4 is 19.7 Å². The lowest BCUT2D eigenvalue weighted by Crippen LogP contribution is -2.46. The number of rotatable bonds is 6. The number of nitro groups is 1. The fraction of sp³-hybridized carbons (Fsp3) is 0.121. The maximum atomic E-state index is 11.9. The summed E-state index contributed by atoms with van der Waals surface area (Å²) >= 11 is 0. The van der Waals surface area contributed by atoms with Gasteiger partial charge in [-0.15, -0.1) is 0 Å². The number of para-hydroxylation sites is 3. The molecule has 0 saturated heterocycles. The van der Waals surface area contributed by atoms with E-state index in [4.69, 9.17) is 24.6 Å². The second-order valence-electron chi connectivity index (χ2n) is 10.3. The van der Waals surface area contributed by atoms with Crippen molar-refractivity contribution < 1.29 is 14.4 Å². The molecule has 44 heavy (non-hydrogen) atoms. The molecule has 0 fully saturated rings. The number of nitrogens with zero attached hydrogens (tertiary/aromatic N) is 6. The molecule has 11 heteroatoms. The molecule has 1 unspecified atom stereocenters. The summed E-state index contributed by atoms with van der Waals surface area (Å²) in [6, 6.07) is 29.2. The summed E-state index contributed by atoms with van der Waals surface area (Å²) in [6.45, 7) is 1.94. The van der Waals surface area contributed by atoms with Crippen LogP contribution in [0.1, 0.15) is 22.9 Å². The van der Waals surface area contributed by atoms with Gasteiger partial charge in [-0.05, 0) is 48.9 Å². The van der Waals surface area contributed by atoms with Crippen LogP contribution in [0.25, 0.3) is 5.69 Å². The van der Waals surface area contributed by atoms with Crippen LogP contribution in [0.4, 0.5) is 28.6 Å². The average Bonchev–Trinajstić information content (AvgIpc) is 3.39. The minimum Gasteiger partial charge on any atom is -0.497 e. The first-order valence-corrected chi connectivity index (χ1v) is 13.9. The molecule has 0 amide bonds. The van der Waals surface area contributed by atoms with Crippen molar-refractivity contribution in [3.05, 3.63) is 124 Å². The Labute approximate surface area is 252 Å². The number of aromatic nitrogens is 2. The molecule has 1 atom stereocenters. The smallest absolute Gasteiger partial charge is 0.269 e. The lowest BCUT2D eigenvalue weighted by Gasteiger charge is -2.40. The molecule has 11 nitrogen and oxygen atoms in total. The van der Waals surface area contributed by atoms with E-state index in [-0.39, 0.29) is 10.6 Å². The summed E-state index contributed by atoms with van der Waals surface area (Å²) in [6.07, 6.45) is 0. The lowest BCUT2D eigenvalue weighted by molar-refractivity contribution is -0.384. The van der Waals surface area contributed by atoms with Crippen LogP contribution >= 0.6 is 0 Å². The molecule has 0 saturated carbocycles. The maximum absolute atomic E-state index is 11.9. The van der Waals surface area contributed by atoms with Gasteiger partial charge in [0.05, 0.1) is 53.6 Å². The van der Waals surface area contributed by atoms with Gasteiger partial charge in [-0.3, -0.25) is 10.1 Å². The molecule has 1 N–H and O–H groups in total. The number of ether oxygens (including phenoxy) is 2. The molecule has 0 radical (unpaired) electrons. The zero-order valence-electron chi connectivity index (χ0n) is 24.1. The highest BCUT2D eigenvalue weighted by atomic mass is 16.6. The number of anilines is 2. The number of benzene rings is 4. The highest BCUT2D eigenvalue weighted by Gasteiger charge is 2.42. The number of aryl methyl sites for hydroxylation is 1. The predicted octanol–water partition coefficient (Wildman–Crippen LogP) is 6.90. The van der Waals surface area contributed by atoms with Gasteiger partial charge in [-0.2, -0.15) is 5.10 Å². The topological polar surface area (TPSA) is 119 Å². The van der Waals surface area contributed by atoms with Crippen LogP contribution in [0.5, 0.6) is 11.5 Å². The third-order valence-corrected chi connectivity index (χ3v) is 7.70. The summed E-state index contributed by atoms with van der Waals surface area (Å²) in [4.78, 5) is 23.8. The summed E-state index contributed by atoms with van der Waals surface area (Å²) in [5.41, 5.74) is 5.31. The number of hydrogen-bond donors (Lipinski definition) is 1. The fourth-order valence-corrected chi connectivity index (χ4v) is 5.71. The van der Waals surface area contributed by atoms with Crippen molar-refractivity contribution in [1.29, 1.82) is 0 Å². The van der Waals surface area contributed by atoms with E-state index in [0.29, 0.717) is 40.4 Å². The number of non-ortho nitro benzene ring substituents is 1. The largest absolute Gasteiger partial charge is 0.497 e. The second kappa shape index (κ2) is 10.7. The molecular formula is C33H27N7O4. The molecule has 7 rings (SSSR count). The Balaban J connectivity index is 1.50. The normalized spacial score (nSPS) is 14.9. The standard InChI is InChI=1S/C33H27N7O4/c1-20-29-30(21-10-9-13-23(18-21)40(41)42)38-27-15-8-7-14-25(27)34-31(35-26-19-24(43-2)16-17-28(26)44-3)33(38)36-32(29)39(37-20)22-11-5-4-6-12-22/h4-19,30H,1-3H3,(H,34,35). The van der Waals surface area contributed by atoms with Crippen molar-refractivity contribution in [1.82, 2.24) is 9.78 Å². The predicted molar refractivity (Wildman–Crippen MR) is 170 cm³/mol. The van der Waals surface area contributed by atoms with Gasteiger partial charge in [0.1, 0.15) is 11.5 Å². The molecule has 2 aliphatic heterocycles. The summed E-state index contributed by atoms with van der Waals surface area (Å²) in [7, 11) is 3.20. The first-order valence-electron chi connectivity index (χ1n) is 13.9. The van der Waals surface area contributed by atoms with Crippen LogP contribution in [-0.4, -0.2) is 40.6 Å². The van der Waals surface area contributed by atoms with Gasteiger partial charge in [0, 0.05) is 23.8 Å². The van der Waals surface area contributed by atoms with Crippen molar-refractivity contribution in [3.63, 3.8) is 0 Å². The quantitative estimate of drug-likeness (QED) is 0.170. The van der Waals surface area contributed by atoms with Gasteiger partial charge in [0.15, 0.2) is 17.5 Å². The Kier molecular flexibility index (Phi) is 6.54. The Morgan fingerprint density at radius 3 is 2.45 bits per heavy atom. The van der Waals surface area contributed by atoms with E-state index in [0.717, 1.165) is 28.2 Å². The van der Waals surface area contributed by atoms with E-state index in [1.165, 1.54) is 6.07 Å². The minimum absolute atomic E-state index is 0.000330. The molecule has 0 spiro atoms. The van der Waals surface area contributed by atoms with E-state index in [2.05, 4.69) is 10.2 Å². The van der Waals surface area contributed by atoms with Gasteiger partial charge in [0.25, 0.3) is 5.69 Å². The van der Waals surface area contributed by atoms with Crippen molar-refractivity contribution >= 4 is 40.2 Å². The lowest BCUT2D eigenvalue weighted by atomic mass is 9.93. The monoisotopic (exact) mass is 585 g/mol. The molecule has 3 heterocycles. The van der Waals surface area contributed by atoms with Crippen LogP contribution in [0.2, 0.25) is 0 Å². The fourth-order valence-electron chi connectivity index (χ4n) is 5.71. The first kappa shape index (κ1) is 26.9. The molecular weight excluding hydrogens is 558 g/mol. The van der Waals surface area contributed by atoms with Crippen molar-refractivity contribution in [2.24, 2.45) is 9.98 Å². The van der Waals surface area contributed by atoms with Gasteiger partial charge in [0.2, 0.25) is 0 Å². The van der Waals surface area contributed by atoms with E-state index in [9.17, 15) is 10.1 Å². The zero-order valence-corrected chi connectivity index (χ0v) is 24.1. The van der Waals surface area contributed by atoms with E-state index < -0.39 is 6.04 Å². The molecule has 4 aromatic carbocycles. The third-order valence-electron chi connectivity index (χ3n) is 7.70. The van der Waals surface area contributed by atoms with Gasteiger partial charge < -0.3 is 19.7 Å². The highest BCUT2D eigenvalue weighted by Crippen LogP contribution is 2.48. The second-order valence-corrected chi connectivity index (χ2v) is 10.3. The molecule has 0 bridgehead atoms. The minimum atomic E-state index is -0.504. The molecule has 1 aromatic heterocycles. The zero-order chi connectivity index (χ0) is 30.4. The summed E-state index contributed by atoms with van der Waals surface area (Å²) in [5.74, 6) is 2.84. The third kappa shape index (κ3) is 4.42. The van der Waals surface area contributed by atoms with Crippen molar-refractivity contribution in [2.45, 2.75) is 13.0 Å². The van der Waals surface area contributed by atoms with Gasteiger partial charge in [-0.1, -0.05) is 42.5 Å². The highest BCUT2D eigenvalue weighted by molar-refractivity contribution is 6.51. The number of nitro benzene ring substituents is 1. The summed E-state index contributed by atoms with van der Waals surface area (Å²) < 4.78 is 12.9.